The molecule has 31 heavy (non-hydrogen) atoms. The van der Waals surface area contributed by atoms with Gasteiger partial charge in [0.25, 0.3) is 15.9 Å². The summed E-state index contributed by atoms with van der Waals surface area (Å²) in [6.45, 7) is 1.51. The van der Waals surface area contributed by atoms with Crippen molar-refractivity contribution < 1.29 is 26.4 Å². The maximum atomic E-state index is 12.9. The molecule has 5 nitrogen and oxygen atoms in total. The van der Waals surface area contributed by atoms with E-state index in [4.69, 9.17) is 11.6 Å². The first-order valence-electron chi connectivity index (χ1n) is 8.83. The molecule has 0 aromatic heterocycles. The minimum Gasteiger partial charge on any atom is -0.322 e. The highest BCUT2D eigenvalue weighted by molar-refractivity contribution is 7.92. The van der Waals surface area contributed by atoms with E-state index in [9.17, 15) is 26.4 Å². The van der Waals surface area contributed by atoms with Crippen molar-refractivity contribution >= 4 is 38.9 Å². The van der Waals surface area contributed by atoms with Crippen molar-refractivity contribution in [2.45, 2.75) is 18.0 Å². The topological polar surface area (TPSA) is 75.3 Å². The van der Waals surface area contributed by atoms with Gasteiger partial charge in [-0.1, -0.05) is 17.7 Å². The Labute approximate surface area is 181 Å². The molecule has 0 aliphatic rings. The fourth-order valence-corrected chi connectivity index (χ4v) is 4.21. The smallest absolute Gasteiger partial charge is 0.322 e. The Morgan fingerprint density at radius 2 is 1.61 bits per heavy atom. The number of anilines is 2. The van der Waals surface area contributed by atoms with Crippen LogP contribution in [0.3, 0.4) is 0 Å². The number of hydrogen-bond acceptors (Lipinski definition) is 3. The Morgan fingerprint density at radius 3 is 2.23 bits per heavy atom. The lowest BCUT2D eigenvalue weighted by Gasteiger charge is -2.14. The first kappa shape index (κ1) is 22.6. The van der Waals surface area contributed by atoms with Gasteiger partial charge in [0.05, 0.1) is 10.5 Å². The number of halogens is 4. The first-order valence-corrected chi connectivity index (χ1v) is 10.7. The summed E-state index contributed by atoms with van der Waals surface area (Å²) in [4.78, 5) is 12.2. The Hall–Kier alpha value is -3.04. The van der Waals surface area contributed by atoms with E-state index in [1.165, 1.54) is 31.2 Å². The van der Waals surface area contributed by atoms with Crippen LogP contribution in [0, 0.1) is 6.92 Å². The lowest BCUT2D eigenvalue weighted by Crippen LogP contribution is -2.16. The third-order valence-electron chi connectivity index (χ3n) is 4.27. The van der Waals surface area contributed by atoms with Gasteiger partial charge in [0.15, 0.2) is 0 Å². The van der Waals surface area contributed by atoms with Crippen LogP contribution in [0.2, 0.25) is 5.02 Å². The predicted octanol–water partition coefficient (Wildman–Crippen LogP) is 5.72. The van der Waals surface area contributed by atoms with Crippen molar-refractivity contribution in [3.63, 3.8) is 0 Å². The first-order chi connectivity index (χ1) is 14.5. The van der Waals surface area contributed by atoms with E-state index in [1.807, 2.05) is 0 Å². The van der Waals surface area contributed by atoms with Gasteiger partial charge in [-0.05, 0) is 73.2 Å². The van der Waals surface area contributed by atoms with Crippen LogP contribution in [0.1, 0.15) is 21.5 Å². The number of hydrogen-bond donors (Lipinski definition) is 2. The van der Waals surface area contributed by atoms with E-state index in [1.54, 1.807) is 24.3 Å². The number of carbonyl (C=O) groups excluding carboxylic acids is 1. The predicted molar refractivity (Wildman–Crippen MR) is 113 cm³/mol. The van der Waals surface area contributed by atoms with Gasteiger partial charge in [-0.15, -0.1) is 0 Å². The largest absolute Gasteiger partial charge is 0.416 e. The van der Waals surface area contributed by atoms with E-state index in [0.29, 0.717) is 27.9 Å². The molecular weight excluding hydrogens is 453 g/mol. The second-order valence-electron chi connectivity index (χ2n) is 6.63. The summed E-state index contributed by atoms with van der Waals surface area (Å²) in [6, 6.07) is 14.2. The highest BCUT2D eigenvalue weighted by Gasteiger charge is 2.30. The number of aryl methyl sites for hydroxylation is 1. The number of amides is 1. The van der Waals surface area contributed by atoms with Gasteiger partial charge in [-0.3, -0.25) is 9.52 Å². The van der Waals surface area contributed by atoms with Crippen molar-refractivity contribution in [3.05, 3.63) is 88.4 Å². The molecule has 10 heteroatoms. The molecule has 3 aromatic carbocycles. The van der Waals surface area contributed by atoms with Crippen molar-refractivity contribution in [1.29, 1.82) is 0 Å². The molecular formula is C21H16ClF3N2O3S. The molecule has 0 aliphatic heterocycles. The lowest BCUT2D eigenvalue weighted by atomic mass is 10.2. The van der Waals surface area contributed by atoms with Crippen LogP contribution in [0.5, 0.6) is 0 Å². The molecule has 0 atom stereocenters. The van der Waals surface area contributed by atoms with Gasteiger partial charge in [0, 0.05) is 22.0 Å². The molecule has 3 rings (SSSR count). The van der Waals surface area contributed by atoms with Gasteiger partial charge in [-0.25, -0.2) is 8.42 Å². The minimum atomic E-state index is -4.60. The maximum absolute atomic E-state index is 12.9. The van der Waals surface area contributed by atoms with Crippen molar-refractivity contribution in [2.75, 3.05) is 10.0 Å². The van der Waals surface area contributed by atoms with Gasteiger partial charge in [0.1, 0.15) is 0 Å². The molecule has 0 heterocycles. The molecule has 0 aliphatic carbocycles. The number of benzene rings is 3. The Bertz CT molecular complexity index is 1230. The van der Waals surface area contributed by atoms with E-state index >= 15 is 0 Å². The molecule has 0 bridgehead atoms. The standard InChI is InChI=1S/C21H16ClF3N2O3S/c1-13-11-17(26-20(28)14-5-7-16(22)8-6-14)9-10-19(13)31(29,30)27-18-4-2-3-15(12-18)21(23,24)25/h2-12,27H,1H3,(H,26,28). The minimum absolute atomic E-state index is 0.130. The summed E-state index contributed by atoms with van der Waals surface area (Å²) >= 11 is 5.80. The molecule has 0 saturated carbocycles. The second-order valence-corrected chi connectivity index (χ2v) is 8.71. The quantitative estimate of drug-likeness (QED) is 0.503. The van der Waals surface area contributed by atoms with Crippen LogP contribution in [0.4, 0.5) is 24.5 Å². The van der Waals surface area contributed by atoms with Crippen LogP contribution >= 0.6 is 11.6 Å². The third-order valence-corrected chi connectivity index (χ3v) is 6.06. The zero-order valence-corrected chi connectivity index (χ0v) is 17.6. The number of alkyl halides is 3. The highest BCUT2D eigenvalue weighted by atomic mass is 35.5. The van der Waals surface area contributed by atoms with Gasteiger partial charge < -0.3 is 5.32 Å². The number of rotatable bonds is 5. The van der Waals surface area contributed by atoms with Gasteiger partial charge in [0.2, 0.25) is 0 Å². The zero-order valence-electron chi connectivity index (χ0n) is 16.0. The van der Waals surface area contributed by atoms with Crippen LogP contribution in [-0.2, 0) is 16.2 Å². The summed E-state index contributed by atoms with van der Waals surface area (Å²) in [5, 5.41) is 3.13. The summed E-state index contributed by atoms with van der Waals surface area (Å²) in [5.41, 5.74) is -0.159. The third kappa shape index (κ3) is 5.56. The van der Waals surface area contributed by atoms with Crippen molar-refractivity contribution in [2.24, 2.45) is 0 Å². The van der Waals surface area contributed by atoms with Crippen molar-refractivity contribution in [3.8, 4) is 0 Å². The SMILES string of the molecule is Cc1cc(NC(=O)c2ccc(Cl)cc2)ccc1S(=O)(=O)Nc1cccc(C(F)(F)F)c1. The van der Waals surface area contributed by atoms with E-state index < -0.39 is 27.7 Å². The normalized spacial score (nSPS) is 11.8. The van der Waals surface area contributed by atoms with Gasteiger partial charge >= 0.3 is 6.18 Å². The second kappa shape index (κ2) is 8.60. The number of sulfonamides is 1. The summed E-state index contributed by atoms with van der Waals surface area (Å²) < 4.78 is 66.1. The molecule has 0 spiro atoms. The zero-order chi connectivity index (χ0) is 22.8. The summed E-state index contributed by atoms with van der Waals surface area (Å²) in [7, 11) is -4.15. The fourth-order valence-electron chi connectivity index (χ4n) is 2.80. The molecule has 0 fully saturated rings. The lowest BCUT2D eigenvalue weighted by molar-refractivity contribution is -0.137. The molecule has 0 radical (unpaired) electrons. The monoisotopic (exact) mass is 468 g/mol. The van der Waals surface area contributed by atoms with Gasteiger partial charge in [-0.2, -0.15) is 13.2 Å². The number of nitrogens with one attached hydrogen (secondary N) is 2. The number of carbonyl (C=O) groups is 1. The molecule has 0 unspecified atom stereocenters. The molecule has 162 valence electrons. The van der Waals surface area contributed by atoms with Crippen LogP contribution in [0.15, 0.2) is 71.6 Å². The fraction of sp³-hybridized carbons (Fsp3) is 0.0952. The molecule has 0 saturated heterocycles. The molecule has 3 aromatic rings. The van der Waals surface area contributed by atoms with Crippen molar-refractivity contribution in [1.82, 2.24) is 0 Å². The van der Waals surface area contributed by atoms with E-state index in [-0.39, 0.29) is 10.6 Å². The van der Waals surface area contributed by atoms with Crippen LogP contribution < -0.4 is 10.0 Å². The van der Waals surface area contributed by atoms with Crippen LogP contribution in [-0.4, -0.2) is 14.3 Å². The maximum Gasteiger partial charge on any atom is 0.416 e. The molecule has 2 N–H and O–H groups in total. The van der Waals surface area contributed by atoms with Crippen LogP contribution in [0.25, 0.3) is 0 Å². The summed E-state index contributed by atoms with van der Waals surface area (Å²) in [5.74, 6) is -0.409. The Balaban J connectivity index is 1.80. The Morgan fingerprint density at radius 1 is 0.935 bits per heavy atom. The summed E-state index contributed by atoms with van der Waals surface area (Å²) in [6.07, 6.45) is -4.60. The highest BCUT2D eigenvalue weighted by Crippen LogP contribution is 2.31. The van der Waals surface area contributed by atoms with E-state index in [0.717, 1.165) is 12.1 Å². The average molecular weight is 469 g/mol. The van der Waals surface area contributed by atoms with E-state index in [2.05, 4.69) is 10.0 Å². The average Bonchev–Trinajstić information content (AvgIpc) is 2.67. The molecule has 1 amide bonds. The Kier molecular flexibility index (Phi) is 6.28.